The summed E-state index contributed by atoms with van der Waals surface area (Å²) in [7, 11) is 1.50. The third-order valence-corrected chi connectivity index (χ3v) is 5.89. The second-order valence-electron chi connectivity index (χ2n) is 6.93. The number of methoxy groups -OCH3 is 1. The average molecular weight is 567 g/mol. The number of carbonyl (C=O) groups is 1. The maximum Gasteiger partial charge on any atom is 0.273 e. The number of benzene rings is 3. The van der Waals surface area contributed by atoms with Gasteiger partial charge in [-0.05, 0) is 51.3 Å². The van der Waals surface area contributed by atoms with Gasteiger partial charge >= 0.3 is 0 Å². The Balaban J connectivity index is 1.66. The normalized spacial score (nSPS) is 10.8. The highest BCUT2D eigenvalue weighted by molar-refractivity contribution is 9.10. The molecular weight excluding hydrogens is 549 g/mol. The molecule has 0 unspecified atom stereocenters. The lowest BCUT2D eigenvalue weighted by atomic mass is 10.1. The Bertz CT molecular complexity index is 1250. The predicted molar refractivity (Wildman–Crippen MR) is 134 cm³/mol. The van der Waals surface area contributed by atoms with Crippen molar-refractivity contribution in [3.8, 4) is 11.5 Å². The van der Waals surface area contributed by atoms with E-state index >= 15 is 0 Å². The second-order valence-corrected chi connectivity index (χ2v) is 8.60. The van der Waals surface area contributed by atoms with Crippen LogP contribution in [0.3, 0.4) is 0 Å². The number of hydrazone groups is 1. The SMILES string of the molecule is COc1cc(/C=N/NC(=O)Cc2ccccc2[N+](=O)[O-])cc(Br)c1OCc1ccc(Cl)c(Cl)c1. The smallest absolute Gasteiger partial charge is 0.273 e. The molecule has 3 aromatic rings. The number of nitrogens with zero attached hydrogens (tertiary/aromatic N) is 2. The van der Waals surface area contributed by atoms with Crippen LogP contribution in [0.2, 0.25) is 10.0 Å². The summed E-state index contributed by atoms with van der Waals surface area (Å²) >= 11 is 15.5. The Morgan fingerprint density at radius 1 is 1.18 bits per heavy atom. The number of nitro groups is 1. The third-order valence-electron chi connectivity index (χ3n) is 4.56. The fourth-order valence-corrected chi connectivity index (χ4v) is 3.86. The molecule has 0 bridgehead atoms. The number of nitrogens with one attached hydrogen (secondary N) is 1. The molecule has 0 heterocycles. The van der Waals surface area contributed by atoms with E-state index in [0.29, 0.717) is 37.1 Å². The Hall–Kier alpha value is -3.14. The molecule has 0 fully saturated rings. The molecule has 0 saturated carbocycles. The zero-order chi connectivity index (χ0) is 24.7. The Morgan fingerprint density at radius 3 is 2.65 bits per heavy atom. The highest BCUT2D eigenvalue weighted by atomic mass is 79.9. The first-order valence-corrected chi connectivity index (χ1v) is 11.3. The van der Waals surface area contributed by atoms with E-state index in [4.69, 9.17) is 32.7 Å². The van der Waals surface area contributed by atoms with Crippen molar-refractivity contribution >= 4 is 56.9 Å². The first-order valence-electron chi connectivity index (χ1n) is 9.77. The number of nitro benzene ring substituents is 1. The van der Waals surface area contributed by atoms with Crippen molar-refractivity contribution in [1.29, 1.82) is 0 Å². The monoisotopic (exact) mass is 565 g/mol. The summed E-state index contributed by atoms with van der Waals surface area (Å²) in [4.78, 5) is 22.7. The molecule has 0 aliphatic heterocycles. The molecule has 0 aliphatic rings. The molecule has 1 N–H and O–H groups in total. The first-order chi connectivity index (χ1) is 16.3. The van der Waals surface area contributed by atoms with Crippen molar-refractivity contribution in [3.63, 3.8) is 0 Å². The Kier molecular flexibility index (Phi) is 8.86. The number of halogens is 3. The zero-order valence-electron chi connectivity index (χ0n) is 17.8. The highest BCUT2D eigenvalue weighted by Gasteiger charge is 2.15. The third kappa shape index (κ3) is 6.69. The van der Waals surface area contributed by atoms with Crippen LogP contribution in [0.5, 0.6) is 11.5 Å². The van der Waals surface area contributed by atoms with Gasteiger partial charge in [0, 0.05) is 11.6 Å². The average Bonchev–Trinajstić information content (AvgIpc) is 2.80. The van der Waals surface area contributed by atoms with Gasteiger partial charge in [0.15, 0.2) is 11.5 Å². The molecule has 0 radical (unpaired) electrons. The second kappa shape index (κ2) is 11.8. The lowest BCUT2D eigenvalue weighted by Crippen LogP contribution is -2.20. The number of rotatable bonds is 9. The predicted octanol–water partition coefficient (Wildman–Crippen LogP) is 5.94. The molecule has 11 heteroatoms. The van der Waals surface area contributed by atoms with Crippen molar-refractivity contribution < 1.29 is 19.2 Å². The van der Waals surface area contributed by atoms with Crippen molar-refractivity contribution in [1.82, 2.24) is 5.43 Å². The molecule has 3 aromatic carbocycles. The molecule has 0 aromatic heterocycles. The van der Waals surface area contributed by atoms with Crippen LogP contribution >= 0.6 is 39.1 Å². The molecule has 34 heavy (non-hydrogen) atoms. The van der Waals surface area contributed by atoms with Gasteiger partial charge in [-0.1, -0.05) is 47.5 Å². The van der Waals surface area contributed by atoms with Crippen LogP contribution in [0.4, 0.5) is 5.69 Å². The summed E-state index contributed by atoms with van der Waals surface area (Å²) in [6, 6.07) is 14.7. The molecule has 8 nitrogen and oxygen atoms in total. The molecule has 0 spiro atoms. The zero-order valence-corrected chi connectivity index (χ0v) is 20.9. The van der Waals surface area contributed by atoms with Gasteiger partial charge in [-0.2, -0.15) is 5.10 Å². The van der Waals surface area contributed by atoms with Gasteiger partial charge in [0.2, 0.25) is 5.91 Å². The van der Waals surface area contributed by atoms with E-state index in [9.17, 15) is 14.9 Å². The van der Waals surface area contributed by atoms with Crippen LogP contribution in [0.15, 0.2) is 64.2 Å². The summed E-state index contributed by atoms with van der Waals surface area (Å²) in [5.74, 6) is 0.437. The minimum atomic E-state index is -0.527. The number of hydrogen-bond donors (Lipinski definition) is 1. The lowest BCUT2D eigenvalue weighted by molar-refractivity contribution is -0.385. The quantitative estimate of drug-likeness (QED) is 0.196. The fraction of sp³-hybridized carbons (Fsp3) is 0.130. The summed E-state index contributed by atoms with van der Waals surface area (Å²) in [5.41, 5.74) is 4.00. The van der Waals surface area contributed by atoms with E-state index in [-0.39, 0.29) is 18.7 Å². The molecule has 0 aliphatic carbocycles. The lowest BCUT2D eigenvalue weighted by Gasteiger charge is -2.14. The minimum absolute atomic E-state index is 0.119. The van der Waals surface area contributed by atoms with Gasteiger partial charge < -0.3 is 9.47 Å². The van der Waals surface area contributed by atoms with Crippen LogP contribution in [0.1, 0.15) is 16.7 Å². The summed E-state index contributed by atoms with van der Waals surface area (Å²) in [6.45, 7) is 0.237. The van der Waals surface area contributed by atoms with E-state index in [1.54, 1.807) is 36.4 Å². The number of carbonyl (C=O) groups excluding carboxylic acids is 1. The van der Waals surface area contributed by atoms with Crippen molar-refractivity contribution in [2.45, 2.75) is 13.0 Å². The molecular formula is C23H18BrCl2N3O5. The fourth-order valence-electron chi connectivity index (χ4n) is 2.97. The van der Waals surface area contributed by atoms with Crippen LogP contribution < -0.4 is 14.9 Å². The van der Waals surface area contributed by atoms with E-state index in [1.165, 1.54) is 25.5 Å². The number of ether oxygens (including phenoxy) is 2. The Labute approximate surface area is 213 Å². The van der Waals surface area contributed by atoms with Crippen LogP contribution in [-0.4, -0.2) is 24.2 Å². The summed E-state index contributed by atoms with van der Waals surface area (Å²) in [5, 5.41) is 15.9. The van der Waals surface area contributed by atoms with Crippen LogP contribution in [0.25, 0.3) is 0 Å². The standard InChI is InChI=1S/C23H18BrCl2N3O5/c1-33-21-10-15(8-17(24)23(21)34-13-14-6-7-18(25)19(26)9-14)12-27-28-22(30)11-16-4-2-3-5-20(16)29(31)32/h2-10,12H,11,13H2,1H3,(H,28,30)/b27-12+. The highest BCUT2D eigenvalue weighted by Crippen LogP contribution is 2.37. The number of hydrogen-bond acceptors (Lipinski definition) is 6. The summed E-state index contributed by atoms with van der Waals surface area (Å²) < 4.78 is 11.9. The number of para-hydroxylation sites is 1. The van der Waals surface area contributed by atoms with Gasteiger partial charge in [0.25, 0.3) is 5.69 Å². The van der Waals surface area contributed by atoms with E-state index in [1.807, 2.05) is 6.07 Å². The van der Waals surface area contributed by atoms with Gasteiger partial charge in [-0.25, -0.2) is 5.43 Å². The van der Waals surface area contributed by atoms with Crippen LogP contribution in [-0.2, 0) is 17.8 Å². The first kappa shape index (κ1) is 25.5. The molecule has 176 valence electrons. The molecule has 0 saturated heterocycles. The van der Waals surface area contributed by atoms with E-state index in [2.05, 4.69) is 26.5 Å². The van der Waals surface area contributed by atoms with E-state index < -0.39 is 10.8 Å². The van der Waals surface area contributed by atoms with Gasteiger partial charge in [0.05, 0.1) is 39.2 Å². The molecule has 0 atom stereocenters. The van der Waals surface area contributed by atoms with E-state index in [0.717, 1.165) is 5.56 Å². The van der Waals surface area contributed by atoms with Gasteiger partial charge in [-0.3, -0.25) is 14.9 Å². The molecule has 1 amide bonds. The van der Waals surface area contributed by atoms with Crippen molar-refractivity contribution in [3.05, 3.63) is 95.9 Å². The summed E-state index contributed by atoms with van der Waals surface area (Å²) in [6.07, 6.45) is 1.25. The Morgan fingerprint density at radius 2 is 1.94 bits per heavy atom. The van der Waals surface area contributed by atoms with Crippen molar-refractivity contribution in [2.75, 3.05) is 7.11 Å². The van der Waals surface area contributed by atoms with Crippen molar-refractivity contribution in [2.24, 2.45) is 5.10 Å². The molecule has 3 rings (SSSR count). The van der Waals surface area contributed by atoms with Gasteiger partial charge in [-0.15, -0.1) is 0 Å². The van der Waals surface area contributed by atoms with Gasteiger partial charge in [0.1, 0.15) is 6.61 Å². The largest absolute Gasteiger partial charge is 0.493 e. The minimum Gasteiger partial charge on any atom is -0.493 e. The maximum absolute atomic E-state index is 12.2. The topological polar surface area (TPSA) is 103 Å². The maximum atomic E-state index is 12.2. The number of amides is 1. The van der Waals surface area contributed by atoms with Crippen LogP contribution in [0, 0.1) is 10.1 Å².